The molecule has 0 amide bonds. The van der Waals surface area contributed by atoms with Crippen LogP contribution in [0.3, 0.4) is 0 Å². The van der Waals surface area contributed by atoms with Crippen LogP contribution >= 0.6 is 11.6 Å². The van der Waals surface area contributed by atoms with Crippen LogP contribution in [0.1, 0.15) is 51.5 Å². The van der Waals surface area contributed by atoms with Gasteiger partial charge in [0.2, 0.25) is 0 Å². The van der Waals surface area contributed by atoms with Crippen molar-refractivity contribution in [2.45, 2.75) is 63.6 Å². The number of aliphatic imine (C=N–C) groups is 1. The Morgan fingerprint density at radius 2 is 2.07 bits per heavy atom. The molecule has 0 aliphatic carbocycles. The van der Waals surface area contributed by atoms with E-state index in [4.69, 9.17) is 21.1 Å². The highest BCUT2D eigenvalue weighted by Gasteiger charge is 2.27. The van der Waals surface area contributed by atoms with E-state index in [0.29, 0.717) is 24.3 Å². The predicted octanol–water partition coefficient (Wildman–Crippen LogP) is 4.38. The van der Waals surface area contributed by atoms with E-state index in [2.05, 4.69) is 29.1 Å². The van der Waals surface area contributed by atoms with Crippen LogP contribution in [-0.2, 0) is 14.9 Å². The third-order valence-corrected chi connectivity index (χ3v) is 6.41. The second-order valence-corrected chi connectivity index (χ2v) is 9.32. The number of likely N-dealkylation sites (tertiary alicyclic amines) is 1. The van der Waals surface area contributed by atoms with Crippen molar-refractivity contribution in [2.24, 2.45) is 4.99 Å². The summed E-state index contributed by atoms with van der Waals surface area (Å²) in [5.41, 5.74) is 0.660. The Hall–Kier alpha value is -1.37. The molecule has 1 aromatic rings. The van der Waals surface area contributed by atoms with Crippen molar-refractivity contribution in [3.05, 3.63) is 34.6 Å². The fourth-order valence-electron chi connectivity index (χ4n) is 4.18. The molecule has 0 saturated carbocycles. The van der Waals surface area contributed by atoms with Crippen molar-refractivity contribution in [1.82, 2.24) is 10.2 Å². The molecule has 5 nitrogen and oxygen atoms in total. The average Bonchev–Trinajstić information content (AvgIpc) is 2.74. The minimum absolute atomic E-state index is 0.262. The molecule has 1 unspecified atom stereocenters. The molecule has 2 saturated heterocycles. The summed E-state index contributed by atoms with van der Waals surface area (Å²) in [6.45, 7) is 8.25. The normalized spacial score (nSPS) is 21.7. The van der Waals surface area contributed by atoms with Crippen LogP contribution in [-0.4, -0.2) is 63.0 Å². The van der Waals surface area contributed by atoms with Gasteiger partial charge in [-0.15, -0.1) is 0 Å². The molecule has 2 aliphatic rings. The van der Waals surface area contributed by atoms with Gasteiger partial charge >= 0.3 is 0 Å². The highest BCUT2D eigenvalue weighted by molar-refractivity contribution is 6.31. The number of halogens is 2. The smallest absolute Gasteiger partial charge is 0.193 e. The van der Waals surface area contributed by atoms with Crippen LogP contribution in [0.25, 0.3) is 0 Å². The van der Waals surface area contributed by atoms with Gasteiger partial charge in [-0.3, -0.25) is 4.99 Å². The van der Waals surface area contributed by atoms with Gasteiger partial charge in [0.15, 0.2) is 5.96 Å². The zero-order valence-corrected chi connectivity index (χ0v) is 19.2. The first-order valence-electron chi connectivity index (χ1n) is 11.0. The number of rotatable bonds is 6. The van der Waals surface area contributed by atoms with E-state index >= 15 is 0 Å². The van der Waals surface area contributed by atoms with Crippen LogP contribution < -0.4 is 5.32 Å². The molecule has 2 fully saturated rings. The molecule has 0 bridgehead atoms. The number of hydrogen-bond donors (Lipinski definition) is 1. The predicted molar refractivity (Wildman–Crippen MR) is 120 cm³/mol. The molecular formula is C23H35ClFN3O2. The van der Waals surface area contributed by atoms with Crippen LogP contribution in [0, 0.1) is 5.82 Å². The van der Waals surface area contributed by atoms with Crippen molar-refractivity contribution in [2.75, 3.05) is 39.9 Å². The molecule has 168 valence electrons. The summed E-state index contributed by atoms with van der Waals surface area (Å²) in [7, 11) is 1.81. The Bertz CT molecular complexity index is 714. The van der Waals surface area contributed by atoms with Gasteiger partial charge in [-0.25, -0.2) is 4.39 Å². The van der Waals surface area contributed by atoms with Gasteiger partial charge in [-0.2, -0.15) is 0 Å². The average molecular weight is 440 g/mol. The summed E-state index contributed by atoms with van der Waals surface area (Å²) in [4.78, 5) is 6.74. The second kappa shape index (κ2) is 10.8. The molecule has 3 rings (SSSR count). The van der Waals surface area contributed by atoms with Gasteiger partial charge in [0.25, 0.3) is 0 Å². The van der Waals surface area contributed by atoms with Gasteiger partial charge in [0, 0.05) is 43.7 Å². The standard InChI is InChI=1S/C23H35ClFN3O2/c1-23(2,20-8-7-17(25)14-21(20)24)16-27-22(26-3)28-11-9-18(10-12-28)30-15-19-6-4-5-13-29-19/h7-8,14,18-19H,4-6,9-13,15-16H2,1-3H3,(H,26,27). The van der Waals surface area contributed by atoms with Crippen molar-refractivity contribution in [3.63, 3.8) is 0 Å². The maximum atomic E-state index is 13.4. The van der Waals surface area contributed by atoms with Crippen molar-refractivity contribution in [1.29, 1.82) is 0 Å². The Morgan fingerprint density at radius 3 is 2.70 bits per heavy atom. The van der Waals surface area contributed by atoms with Gasteiger partial charge in [0.05, 0.1) is 18.8 Å². The van der Waals surface area contributed by atoms with Gasteiger partial charge < -0.3 is 19.7 Å². The number of hydrogen-bond acceptors (Lipinski definition) is 3. The maximum absolute atomic E-state index is 13.4. The topological polar surface area (TPSA) is 46.1 Å². The Morgan fingerprint density at radius 1 is 1.30 bits per heavy atom. The minimum Gasteiger partial charge on any atom is -0.376 e. The van der Waals surface area contributed by atoms with E-state index in [0.717, 1.165) is 50.5 Å². The SMILES string of the molecule is CN=C(NCC(C)(C)c1ccc(F)cc1Cl)N1CCC(OCC2CCCCO2)CC1. The summed E-state index contributed by atoms with van der Waals surface area (Å²) >= 11 is 6.28. The number of ether oxygens (including phenoxy) is 2. The van der Waals surface area contributed by atoms with Crippen LogP contribution in [0.5, 0.6) is 0 Å². The van der Waals surface area contributed by atoms with Crippen LogP contribution in [0.15, 0.2) is 23.2 Å². The monoisotopic (exact) mass is 439 g/mol. The number of nitrogens with zero attached hydrogens (tertiary/aromatic N) is 2. The highest BCUT2D eigenvalue weighted by atomic mass is 35.5. The van der Waals surface area contributed by atoms with Gasteiger partial charge in [0.1, 0.15) is 5.82 Å². The molecule has 7 heteroatoms. The molecule has 2 aliphatic heterocycles. The van der Waals surface area contributed by atoms with Gasteiger partial charge in [-0.05, 0) is 49.8 Å². The first kappa shape index (κ1) is 23.3. The fraction of sp³-hybridized carbons (Fsp3) is 0.696. The quantitative estimate of drug-likeness (QED) is 0.527. The van der Waals surface area contributed by atoms with Crippen molar-refractivity contribution >= 4 is 17.6 Å². The lowest BCUT2D eigenvalue weighted by molar-refractivity contribution is -0.0721. The second-order valence-electron chi connectivity index (χ2n) is 8.92. The molecule has 1 atom stereocenters. The Kier molecular flexibility index (Phi) is 8.37. The zero-order valence-electron chi connectivity index (χ0n) is 18.4. The van der Waals surface area contributed by atoms with Crippen molar-refractivity contribution in [3.8, 4) is 0 Å². The zero-order chi connectivity index (χ0) is 21.6. The van der Waals surface area contributed by atoms with E-state index in [-0.39, 0.29) is 17.3 Å². The largest absolute Gasteiger partial charge is 0.376 e. The summed E-state index contributed by atoms with van der Waals surface area (Å²) in [5, 5.41) is 3.94. The first-order chi connectivity index (χ1) is 14.4. The fourth-order valence-corrected chi connectivity index (χ4v) is 4.61. The molecule has 30 heavy (non-hydrogen) atoms. The lowest BCUT2D eigenvalue weighted by Gasteiger charge is -2.36. The number of nitrogens with one attached hydrogen (secondary N) is 1. The van der Waals surface area contributed by atoms with Crippen molar-refractivity contribution < 1.29 is 13.9 Å². The number of piperidine rings is 1. The van der Waals surface area contributed by atoms with E-state index in [1.54, 1.807) is 6.07 Å². The first-order valence-corrected chi connectivity index (χ1v) is 11.4. The third-order valence-electron chi connectivity index (χ3n) is 6.09. The Labute approximate surface area is 185 Å². The number of benzene rings is 1. The Balaban J connectivity index is 1.46. The van der Waals surface area contributed by atoms with Crippen LogP contribution in [0.2, 0.25) is 5.02 Å². The third kappa shape index (κ3) is 6.32. The van der Waals surface area contributed by atoms with E-state index in [1.807, 2.05) is 7.05 Å². The van der Waals surface area contributed by atoms with E-state index in [1.165, 1.54) is 25.0 Å². The van der Waals surface area contributed by atoms with Gasteiger partial charge in [-0.1, -0.05) is 31.5 Å². The molecule has 0 aromatic heterocycles. The summed E-state index contributed by atoms with van der Waals surface area (Å²) in [6.07, 6.45) is 6.06. The van der Waals surface area contributed by atoms with E-state index in [9.17, 15) is 4.39 Å². The molecule has 1 N–H and O–H groups in total. The molecule has 0 radical (unpaired) electrons. The minimum atomic E-state index is -0.316. The lowest BCUT2D eigenvalue weighted by Crippen LogP contribution is -2.49. The summed E-state index contributed by atoms with van der Waals surface area (Å²) in [6, 6.07) is 4.60. The molecule has 0 spiro atoms. The molecule has 2 heterocycles. The maximum Gasteiger partial charge on any atom is 0.193 e. The van der Waals surface area contributed by atoms with Crippen LogP contribution in [0.4, 0.5) is 4.39 Å². The number of guanidine groups is 1. The summed E-state index contributed by atoms with van der Waals surface area (Å²) < 4.78 is 25.3. The molecular weight excluding hydrogens is 405 g/mol. The lowest BCUT2D eigenvalue weighted by atomic mass is 9.84. The van der Waals surface area contributed by atoms with E-state index < -0.39 is 0 Å². The highest BCUT2D eigenvalue weighted by Crippen LogP contribution is 2.30. The molecule has 1 aromatic carbocycles. The summed E-state index contributed by atoms with van der Waals surface area (Å²) in [5.74, 6) is 0.568.